The van der Waals surface area contributed by atoms with Gasteiger partial charge in [0.1, 0.15) is 6.33 Å². The molecule has 0 radical (unpaired) electrons. The molecule has 0 saturated carbocycles. The standard InChI is InChI=1S/C17H19N7O/c1-22-12-18-21-16(22)15-4-2-10-23(15)17(25)20-13-5-7-14(8-6-13)24-11-3-9-19-24/h3,5-9,11-12,15H,2,4,10H2,1H3,(H,20,25). The zero-order valence-corrected chi connectivity index (χ0v) is 13.9. The van der Waals surface area contributed by atoms with E-state index in [-0.39, 0.29) is 12.1 Å². The Kier molecular flexibility index (Phi) is 3.93. The topological polar surface area (TPSA) is 80.9 Å². The quantitative estimate of drug-likeness (QED) is 0.795. The predicted molar refractivity (Wildman–Crippen MR) is 92.3 cm³/mol. The molecule has 0 bridgehead atoms. The summed E-state index contributed by atoms with van der Waals surface area (Å²) >= 11 is 0. The highest BCUT2D eigenvalue weighted by Gasteiger charge is 2.32. The highest BCUT2D eigenvalue weighted by Crippen LogP contribution is 2.30. The van der Waals surface area contributed by atoms with Crippen molar-refractivity contribution in [3.05, 3.63) is 54.9 Å². The zero-order chi connectivity index (χ0) is 17.2. The van der Waals surface area contributed by atoms with Crippen LogP contribution < -0.4 is 5.32 Å². The van der Waals surface area contributed by atoms with Gasteiger partial charge in [-0.15, -0.1) is 10.2 Å². The number of rotatable bonds is 3. The van der Waals surface area contributed by atoms with Crippen LogP contribution in [0.2, 0.25) is 0 Å². The van der Waals surface area contributed by atoms with E-state index in [0.717, 1.165) is 30.0 Å². The van der Waals surface area contributed by atoms with Crippen LogP contribution in [-0.4, -0.2) is 42.0 Å². The number of nitrogens with zero attached hydrogens (tertiary/aromatic N) is 6. The number of anilines is 1. The van der Waals surface area contributed by atoms with Gasteiger partial charge in [0, 0.05) is 31.7 Å². The van der Waals surface area contributed by atoms with E-state index in [4.69, 9.17) is 0 Å². The van der Waals surface area contributed by atoms with Crippen LogP contribution in [0.3, 0.4) is 0 Å². The van der Waals surface area contributed by atoms with E-state index in [0.29, 0.717) is 6.54 Å². The van der Waals surface area contributed by atoms with Crippen LogP contribution in [0.1, 0.15) is 24.7 Å². The Morgan fingerprint density at radius 1 is 1.28 bits per heavy atom. The average Bonchev–Trinajstić information content (AvgIpc) is 3.36. The number of nitrogens with one attached hydrogen (secondary N) is 1. The lowest BCUT2D eigenvalue weighted by Gasteiger charge is -2.24. The van der Waals surface area contributed by atoms with Crippen LogP contribution in [-0.2, 0) is 7.05 Å². The van der Waals surface area contributed by atoms with Gasteiger partial charge in [-0.25, -0.2) is 9.48 Å². The van der Waals surface area contributed by atoms with Crippen molar-refractivity contribution >= 4 is 11.7 Å². The fourth-order valence-electron chi connectivity index (χ4n) is 3.19. The largest absolute Gasteiger partial charge is 0.322 e. The smallest absolute Gasteiger partial charge is 0.319 e. The number of hydrogen-bond acceptors (Lipinski definition) is 4. The molecular formula is C17H19N7O. The summed E-state index contributed by atoms with van der Waals surface area (Å²) in [4.78, 5) is 14.5. The van der Waals surface area contributed by atoms with E-state index in [1.165, 1.54) is 0 Å². The maximum atomic E-state index is 12.7. The van der Waals surface area contributed by atoms with E-state index in [2.05, 4.69) is 20.6 Å². The van der Waals surface area contributed by atoms with Crippen LogP contribution >= 0.6 is 0 Å². The number of carbonyl (C=O) groups is 1. The number of likely N-dealkylation sites (tertiary alicyclic amines) is 1. The Morgan fingerprint density at radius 2 is 2.12 bits per heavy atom. The molecule has 1 saturated heterocycles. The minimum absolute atomic E-state index is 0.0316. The fourth-order valence-corrected chi connectivity index (χ4v) is 3.19. The first kappa shape index (κ1) is 15.4. The number of amides is 2. The van der Waals surface area contributed by atoms with Crippen molar-refractivity contribution in [1.82, 2.24) is 29.4 Å². The Labute approximate surface area is 145 Å². The van der Waals surface area contributed by atoms with Gasteiger partial charge >= 0.3 is 6.03 Å². The first-order valence-corrected chi connectivity index (χ1v) is 8.24. The molecule has 1 atom stereocenters. The molecule has 25 heavy (non-hydrogen) atoms. The Hall–Kier alpha value is -3.16. The van der Waals surface area contributed by atoms with Crippen molar-refractivity contribution in [3.8, 4) is 5.69 Å². The third kappa shape index (κ3) is 2.98. The normalized spacial score (nSPS) is 17.0. The second-order valence-corrected chi connectivity index (χ2v) is 6.08. The summed E-state index contributed by atoms with van der Waals surface area (Å²) in [5, 5.41) is 15.2. The molecule has 128 valence electrons. The van der Waals surface area contributed by atoms with Crippen molar-refractivity contribution < 1.29 is 4.79 Å². The Balaban J connectivity index is 1.47. The molecule has 1 fully saturated rings. The first-order valence-electron chi connectivity index (χ1n) is 8.24. The molecule has 0 aliphatic carbocycles. The monoisotopic (exact) mass is 337 g/mol. The zero-order valence-electron chi connectivity index (χ0n) is 13.9. The molecule has 1 aliphatic rings. The summed E-state index contributed by atoms with van der Waals surface area (Å²) in [7, 11) is 1.90. The molecule has 1 aromatic carbocycles. The minimum atomic E-state index is -0.114. The van der Waals surface area contributed by atoms with Gasteiger partial charge in [-0.1, -0.05) is 0 Å². The summed E-state index contributed by atoms with van der Waals surface area (Å²) in [6.45, 7) is 0.717. The molecule has 8 heteroatoms. The number of carbonyl (C=O) groups excluding carboxylic acids is 1. The minimum Gasteiger partial charge on any atom is -0.319 e. The van der Waals surface area contributed by atoms with Gasteiger partial charge in [-0.05, 0) is 43.2 Å². The molecule has 8 nitrogen and oxygen atoms in total. The lowest BCUT2D eigenvalue weighted by atomic mass is 10.2. The van der Waals surface area contributed by atoms with Crippen LogP contribution in [0.15, 0.2) is 49.1 Å². The van der Waals surface area contributed by atoms with Crippen LogP contribution in [0.4, 0.5) is 10.5 Å². The molecule has 1 aliphatic heterocycles. The van der Waals surface area contributed by atoms with Crippen LogP contribution in [0, 0.1) is 0 Å². The van der Waals surface area contributed by atoms with Gasteiger partial charge in [-0.2, -0.15) is 5.10 Å². The van der Waals surface area contributed by atoms with Crippen molar-refractivity contribution in [2.24, 2.45) is 7.05 Å². The number of aromatic nitrogens is 5. The van der Waals surface area contributed by atoms with Crippen LogP contribution in [0.25, 0.3) is 5.69 Å². The van der Waals surface area contributed by atoms with E-state index in [1.807, 2.05) is 53.0 Å². The molecule has 1 N–H and O–H groups in total. The number of urea groups is 1. The molecule has 3 aromatic rings. The second kappa shape index (κ2) is 6.39. The third-order valence-corrected chi connectivity index (χ3v) is 4.45. The fraction of sp³-hybridized carbons (Fsp3) is 0.294. The molecule has 2 aromatic heterocycles. The highest BCUT2D eigenvalue weighted by molar-refractivity contribution is 5.89. The highest BCUT2D eigenvalue weighted by atomic mass is 16.2. The van der Waals surface area contributed by atoms with Crippen LogP contribution in [0.5, 0.6) is 0 Å². The summed E-state index contributed by atoms with van der Waals surface area (Å²) in [5.41, 5.74) is 1.70. The number of aryl methyl sites for hydroxylation is 1. The van der Waals surface area contributed by atoms with Crippen molar-refractivity contribution in [2.75, 3.05) is 11.9 Å². The van der Waals surface area contributed by atoms with Gasteiger partial charge in [0.25, 0.3) is 0 Å². The maximum absolute atomic E-state index is 12.7. The first-order chi connectivity index (χ1) is 12.2. The molecule has 0 spiro atoms. The van der Waals surface area contributed by atoms with Gasteiger partial charge in [0.05, 0.1) is 11.7 Å². The molecule has 4 rings (SSSR count). The van der Waals surface area contributed by atoms with Crippen molar-refractivity contribution in [2.45, 2.75) is 18.9 Å². The van der Waals surface area contributed by atoms with Gasteiger partial charge in [-0.3, -0.25) is 0 Å². The predicted octanol–water partition coefficient (Wildman–Crippen LogP) is 2.37. The molecular weight excluding hydrogens is 318 g/mol. The molecule has 2 amide bonds. The van der Waals surface area contributed by atoms with Crippen molar-refractivity contribution in [3.63, 3.8) is 0 Å². The van der Waals surface area contributed by atoms with Gasteiger partial charge in [0.2, 0.25) is 0 Å². The number of benzene rings is 1. The molecule has 3 heterocycles. The summed E-state index contributed by atoms with van der Waals surface area (Å²) in [5.74, 6) is 0.821. The molecule has 1 unspecified atom stereocenters. The third-order valence-electron chi connectivity index (χ3n) is 4.45. The lowest BCUT2D eigenvalue weighted by molar-refractivity contribution is 0.204. The Morgan fingerprint density at radius 3 is 2.80 bits per heavy atom. The van der Waals surface area contributed by atoms with Gasteiger partial charge < -0.3 is 14.8 Å². The summed E-state index contributed by atoms with van der Waals surface area (Å²) < 4.78 is 3.64. The average molecular weight is 337 g/mol. The van der Waals surface area contributed by atoms with E-state index < -0.39 is 0 Å². The Bertz CT molecular complexity index is 854. The number of hydrogen-bond donors (Lipinski definition) is 1. The maximum Gasteiger partial charge on any atom is 0.322 e. The van der Waals surface area contributed by atoms with E-state index in [1.54, 1.807) is 17.2 Å². The summed E-state index contributed by atoms with van der Waals surface area (Å²) in [6, 6.07) is 9.33. The van der Waals surface area contributed by atoms with Crippen molar-refractivity contribution in [1.29, 1.82) is 0 Å². The second-order valence-electron chi connectivity index (χ2n) is 6.08. The van der Waals surface area contributed by atoms with E-state index in [9.17, 15) is 4.79 Å². The summed E-state index contributed by atoms with van der Waals surface area (Å²) in [6.07, 6.45) is 7.14. The lowest BCUT2D eigenvalue weighted by Crippen LogP contribution is -2.35. The van der Waals surface area contributed by atoms with Gasteiger partial charge in [0.15, 0.2) is 5.82 Å². The van der Waals surface area contributed by atoms with E-state index >= 15 is 0 Å². The SMILES string of the molecule is Cn1cnnc1C1CCCN1C(=O)Nc1ccc(-n2cccn2)cc1.